The van der Waals surface area contributed by atoms with Crippen LogP contribution < -0.4 is 26.2 Å². The maximum absolute atomic E-state index is 6.74. The van der Waals surface area contributed by atoms with Gasteiger partial charge in [-0.3, -0.25) is 0 Å². The van der Waals surface area contributed by atoms with Gasteiger partial charge in [0, 0.05) is 10.9 Å². The van der Waals surface area contributed by atoms with Crippen LogP contribution in [0.15, 0.2) is 100 Å². The lowest BCUT2D eigenvalue weighted by molar-refractivity contribution is 0.488. The third-order valence-electron chi connectivity index (χ3n) is 8.90. The zero-order valence-corrected chi connectivity index (χ0v) is 23.6. The number of para-hydroxylation sites is 2. The van der Waals surface area contributed by atoms with Gasteiger partial charge in [-0.25, -0.2) is 0 Å². The molecule has 0 saturated carbocycles. The predicted octanol–water partition coefficient (Wildman–Crippen LogP) is 5.74. The van der Waals surface area contributed by atoms with Crippen molar-refractivity contribution in [3.8, 4) is 22.6 Å². The fourth-order valence-corrected chi connectivity index (χ4v) is 19.7. The van der Waals surface area contributed by atoms with Crippen LogP contribution >= 0.6 is 0 Å². The van der Waals surface area contributed by atoms with Gasteiger partial charge in [-0.2, -0.15) is 0 Å². The van der Waals surface area contributed by atoms with Crippen molar-refractivity contribution >= 4 is 60.8 Å². The molecule has 0 unspecified atom stereocenters. The molecule has 5 heteroatoms. The number of hydrogen-bond acceptors (Lipinski definition) is 2. The van der Waals surface area contributed by atoms with Gasteiger partial charge < -0.3 is 9.15 Å². The Kier molecular flexibility index (Phi) is 4.11. The van der Waals surface area contributed by atoms with Crippen molar-refractivity contribution < 1.29 is 9.15 Å². The summed E-state index contributed by atoms with van der Waals surface area (Å²) in [6.07, 6.45) is 0. The summed E-state index contributed by atoms with van der Waals surface area (Å²) in [5.41, 5.74) is 9.09. The summed E-state index contributed by atoms with van der Waals surface area (Å²) in [5.74, 6) is 2.00. The van der Waals surface area contributed by atoms with E-state index in [-0.39, 0.29) is 6.71 Å². The molecule has 2 nitrogen and oxygen atoms in total. The molecule has 178 valence electrons. The summed E-state index contributed by atoms with van der Waals surface area (Å²) in [6.45, 7) is 10.3. The maximum Gasteiger partial charge on any atom is 0.250 e. The van der Waals surface area contributed by atoms with E-state index in [1.54, 1.807) is 4.82 Å². The number of ether oxygens (including phenoxy) is 1. The van der Waals surface area contributed by atoms with Crippen molar-refractivity contribution in [2.24, 2.45) is 0 Å². The van der Waals surface area contributed by atoms with Crippen molar-refractivity contribution in [2.75, 3.05) is 0 Å². The summed E-state index contributed by atoms with van der Waals surface area (Å²) in [7, 11) is -4.11. The lowest BCUT2D eigenvalue weighted by Crippen LogP contribution is -2.67. The highest BCUT2D eigenvalue weighted by Gasteiger charge is 2.58. The average Bonchev–Trinajstić information content (AvgIpc) is 3.40. The van der Waals surface area contributed by atoms with Gasteiger partial charge in [-0.15, -0.1) is 0 Å². The summed E-state index contributed by atoms with van der Waals surface area (Å²) < 4.78 is 13.5. The fraction of sp³-hybridized carbons (Fsp3) is 0.125. The molecule has 4 aromatic carbocycles. The molecule has 8 rings (SSSR count). The minimum absolute atomic E-state index is 0.171. The standard InChI is InChI=1S/C32H27BO2Si2/c1-36(2)27-19-21(20-12-6-5-7-13-20)18-26-29(27)33(23-15-9-11-17-25(23)34-26)30-28-22-14-8-10-16-24(22)35-31(28)37(3,4)32(30)36/h5-19H,1-4H3. The van der Waals surface area contributed by atoms with E-state index in [9.17, 15) is 0 Å². The first-order valence-corrected chi connectivity index (χ1v) is 19.2. The van der Waals surface area contributed by atoms with Crippen molar-refractivity contribution in [3.05, 3.63) is 101 Å². The van der Waals surface area contributed by atoms with Crippen LogP contribution in [-0.2, 0) is 0 Å². The van der Waals surface area contributed by atoms with E-state index in [0.29, 0.717) is 0 Å². The third-order valence-corrected chi connectivity index (χ3v) is 18.9. The van der Waals surface area contributed by atoms with Crippen molar-refractivity contribution in [2.45, 2.75) is 26.2 Å². The number of fused-ring (bicyclic) bond motifs is 7. The molecule has 0 N–H and O–H groups in total. The Morgan fingerprint density at radius 1 is 0.676 bits per heavy atom. The Balaban J connectivity index is 1.51. The number of benzene rings is 4. The Hall–Kier alpha value is -3.54. The lowest BCUT2D eigenvalue weighted by Gasteiger charge is -2.43. The van der Waals surface area contributed by atoms with Gasteiger partial charge in [-0.1, -0.05) is 114 Å². The normalized spacial score (nSPS) is 17.7. The summed E-state index contributed by atoms with van der Waals surface area (Å²) in [5, 5.41) is 4.06. The molecule has 3 aliphatic rings. The second-order valence-electron chi connectivity index (χ2n) is 11.7. The van der Waals surface area contributed by atoms with Gasteiger partial charge in [0.15, 0.2) is 0 Å². The molecule has 3 aliphatic heterocycles. The lowest BCUT2D eigenvalue weighted by atomic mass is 9.34. The zero-order chi connectivity index (χ0) is 25.1. The highest BCUT2D eigenvalue weighted by atomic mass is 28.4. The molecular formula is C32H27BO2Si2. The van der Waals surface area contributed by atoms with Crippen LogP contribution in [0.25, 0.3) is 27.6 Å². The molecule has 0 saturated heterocycles. The molecule has 37 heavy (non-hydrogen) atoms. The van der Waals surface area contributed by atoms with Crippen LogP contribution in [0.5, 0.6) is 11.5 Å². The van der Waals surface area contributed by atoms with Crippen LogP contribution in [0.3, 0.4) is 0 Å². The minimum atomic E-state index is -2.07. The molecule has 0 amide bonds. The second-order valence-corrected chi connectivity index (χ2v) is 20.7. The monoisotopic (exact) mass is 510 g/mol. The van der Waals surface area contributed by atoms with Gasteiger partial charge in [0.05, 0.1) is 5.38 Å². The first-order valence-electron chi connectivity index (χ1n) is 13.2. The fourth-order valence-electron chi connectivity index (χ4n) is 7.58. The molecule has 0 bridgehead atoms. The molecular weight excluding hydrogens is 483 g/mol. The zero-order valence-electron chi connectivity index (χ0n) is 21.6. The highest BCUT2D eigenvalue weighted by molar-refractivity contribution is 7.25. The second kappa shape index (κ2) is 7.06. The largest absolute Gasteiger partial charge is 0.465 e. The third kappa shape index (κ3) is 2.66. The van der Waals surface area contributed by atoms with E-state index >= 15 is 0 Å². The Morgan fingerprint density at radius 3 is 2.24 bits per heavy atom. The van der Waals surface area contributed by atoms with Crippen molar-refractivity contribution in [1.29, 1.82) is 0 Å². The minimum Gasteiger partial charge on any atom is -0.465 e. The summed E-state index contributed by atoms with van der Waals surface area (Å²) in [4.78, 5) is 1.74. The molecule has 0 radical (unpaired) electrons. The number of hydrogen-bond donors (Lipinski definition) is 0. The van der Waals surface area contributed by atoms with E-state index in [1.807, 2.05) is 0 Å². The Morgan fingerprint density at radius 2 is 1.41 bits per heavy atom. The van der Waals surface area contributed by atoms with Gasteiger partial charge in [0.2, 0.25) is 0 Å². The Labute approximate surface area is 219 Å². The maximum atomic E-state index is 6.74. The quantitative estimate of drug-likeness (QED) is 0.268. The van der Waals surface area contributed by atoms with Gasteiger partial charge >= 0.3 is 0 Å². The predicted molar refractivity (Wildman–Crippen MR) is 161 cm³/mol. The van der Waals surface area contributed by atoms with Gasteiger partial charge in [0.25, 0.3) is 6.71 Å². The molecule has 5 aromatic rings. The number of furan rings is 1. The molecule has 4 heterocycles. The SMILES string of the molecule is C[Si]1(C)C2=C(B3c4ccccc4Oc4cc(-c5ccccc5)cc1c43)c1c(oc3ccccc13)[Si]2(C)C. The van der Waals surface area contributed by atoms with Crippen LogP contribution in [0, 0.1) is 0 Å². The molecule has 0 aliphatic carbocycles. The average molecular weight is 511 g/mol. The molecule has 1 aromatic heterocycles. The van der Waals surface area contributed by atoms with E-state index in [0.717, 1.165) is 17.1 Å². The van der Waals surface area contributed by atoms with Crippen LogP contribution in [0.2, 0.25) is 26.2 Å². The van der Waals surface area contributed by atoms with E-state index in [4.69, 9.17) is 9.15 Å². The van der Waals surface area contributed by atoms with Crippen molar-refractivity contribution in [1.82, 2.24) is 0 Å². The van der Waals surface area contributed by atoms with Gasteiger partial charge in [-0.05, 0) is 40.3 Å². The molecule has 0 spiro atoms. The van der Waals surface area contributed by atoms with E-state index < -0.39 is 16.1 Å². The van der Waals surface area contributed by atoms with Crippen molar-refractivity contribution in [3.63, 3.8) is 0 Å². The van der Waals surface area contributed by atoms with E-state index in [1.165, 1.54) is 49.0 Å². The first-order chi connectivity index (χ1) is 17.9. The van der Waals surface area contributed by atoms with Gasteiger partial charge in [0.1, 0.15) is 33.2 Å². The Bertz CT molecular complexity index is 1810. The van der Waals surface area contributed by atoms with Crippen LogP contribution in [0.1, 0.15) is 5.56 Å². The molecule has 0 fully saturated rings. The van der Waals surface area contributed by atoms with Crippen LogP contribution in [0.4, 0.5) is 0 Å². The topological polar surface area (TPSA) is 22.4 Å². The summed E-state index contributed by atoms with van der Waals surface area (Å²) in [6, 6.07) is 32.8. The molecule has 0 atom stereocenters. The smallest absolute Gasteiger partial charge is 0.250 e. The first kappa shape index (κ1) is 21.5. The summed E-state index contributed by atoms with van der Waals surface area (Å²) >= 11 is 0. The highest BCUT2D eigenvalue weighted by Crippen LogP contribution is 2.47. The number of rotatable bonds is 1. The van der Waals surface area contributed by atoms with E-state index in [2.05, 4.69) is 117 Å². The van der Waals surface area contributed by atoms with Crippen LogP contribution in [-0.4, -0.2) is 22.9 Å².